The van der Waals surface area contributed by atoms with Gasteiger partial charge >= 0.3 is 0 Å². The predicted octanol–water partition coefficient (Wildman–Crippen LogP) is 5.11. The second-order valence-corrected chi connectivity index (χ2v) is 11.3. The first-order chi connectivity index (χ1) is 15.6. The van der Waals surface area contributed by atoms with Gasteiger partial charge in [-0.2, -0.15) is 4.31 Å². The molecule has 1 aliphatic heterocycles. The average molecular weight is 548 g/mol. The van der Waals surface area contributed by atoms with Crippen molar-refractivity contribution in [3.05, 3.63) is 78.2 Å². The summed E-state index contributed by atoms with van der Waals surface area (Å²) in [5.41, 5.74) is 1.35. The van der Waals surface area contributed by atoms with Gasteiger partial charge in [-0.15, -0.1) is 11.3 Å². The highest BCUT2D eigenvalue weighted by molar-refractivity contribution is 7.89. The monoisotopic (exact) mass is 546 g/mol. The van der Waals surface area contributed by atoms with Crippen molar-refractivity contribution in [2.24, 2.45) is 0 Å². The summed E-state index contributed by atoms with van der Waals surface area (Å²) >= 11 is 19.5. The molecule has 0 N–H and O–H groups in total. The second kappa shape index (κ2) is 9.73. The zero-order valence-electron chi connectivity index (χ0n) is 16.9. The highest BCUT2D eigenvalue weighted by Crippen LogP contribution is 2.30. The van der Waals surface area contributed by atoms with Crippen LogP contribution in [-0.2, 0) is 16.4 Å². The van der Waals surface area contributed by atoms with Crippen LogP contribution < -0.4 is 4.90 Å². The van der Waals surface area contributed by atoms with Crippen molar-refractivity contribution in [2.45, 2.75) is 11.3 Å². The number of hydrogen-bond acceptors (Lipinski definition) is 7. The number of hydrogen-bond donors (Lipinski definition) is 0. The van der Waals surface area contributed by atoms with Crippen LogP contribution in [0.3, 0.4) is 0 Å². The molecule has 0 aliphatic carbocycles. The van der Waals surface area contributed by atoms with Gasteiger partial charge in [-0.1, -0.05) is 40.9 Å². The zero-order chi connectivity index (χ0) is 23.8. The number of piperazine rings is 1. The van der Waals surface area contributed by atoms with Crippen LogP contribution in [0.25, 0.3) is 0 Å². The van der Waals surface area contributed by atoms with Crippen molar-refractivity contribution < 1.29 is 13.3 Å². The Hall–Kier alpha value is -1.95. The average Bonchev–Trinajstić information content (AvgIpc) is 3.24. The van der Waals surface area contributed by atoms with E-state index in [1.54, 1.807) is 12.1 Å². The van der Waals surface area contributed by atoms with Gasteiger partial charge in [0.2, 0.25) is 10.0 Å². The fraction of sp³-hybridized carbons (Fsp3) is 0.250. The van der Waals surface area contributed by atoms with Crippen molar-refractivity contribution >= 4 is 67.0 Å². The lowest BCUT2D eigenvalue weighted by Gasteiger charge is -2.33. The molecule has 0 spiro atoms. The van der Waals surface area contributed by atoms with Crippen LogP contribution in [0, 0.1) is 10.1 Å². The topological polar surface area (TPSA) is 96.6 Å². The molecule has 0 bridgehead atoms. The van der Waals surface area contributed by atoms with Crippen molar-refractivity contribution in [1.29, 1.82) is 0 Å². The summed E-state index contributed by atoms with van der Waals surface area (Å²) in [4.78, 5) is 17.0. The number of nitro benzene ring substituents is 1. The summed E-state index contributed by atoms with van der Waals surface area (Å²) < 4.78 is 27.3. The third-order valence-corrected chi connectivity index (χ3v) is 8.94. The van der Waals surface area contributed by atoms with Gasteiger partial charge in [-0.25, -0.2) is 13.4 Å². The van der Waals surface area contributed by atoms with Crippen LogP contribution in [-0.4, -0.2) is 48.8 Å². The molecule has 0 radical (unpaired) electrons. The minimum absolute atomic E-state index is 0.108. The Kier molecular flexibility index (Phi) is 7.13. The van der Waals surface area contributed by atoms with Crippen LogP contribution in [0.2, 0.25) is 15.1 Å². The number of benzene rings is 2. The third-order valence-electron chi connectivity index (χ3n) is 5.19. The van der Waals surface area contributed by atoms with E-state index >= 15 is 0 Å². The molecule has 174 valence electrons. The number of halogens is 3. The lowest BCUT2D eigenvalue weighted by molar-refractivity contribution is -0.384. The van der Waals surface area contributed by atoms with Crippen molar-refractivity contribution in [3.63, 3.8) is 0 Å². The van der Waals surface area contributed by atoms with Gasteiger partial charge in [0.1, 0.15) is 5.02 Å². The first-order valence-electron chi connectivity index (χ1n) is 9.72. The Morgan fingerprint density at radius 1 is 1.03 bits per heavy atom. The molecule has 2 heterocycles. The Bertz CT molecular complexity index is 1310. The maximum absolute atomic E-state index is 13.0. The van der Waals surface area contributed by atoms with Crippen LogP contribution in [0.4, 0.5) is 10.8 Å². The minimum Gasteiger partial charge on any atom is -0.345 e. The molecule has 0 unspecified atom stereocenters. The molecule has 0 amide bonds. The van der Waals surface area contributed by atoms with Gasteiger partial charge in [-0.3, -0.25) is 10.1 Å². The lowest BCUT2D eigenvalue weighted by atomic mass is 10.1. The highest BCUT2D eigenvalue weighted by atomic mass is 35.5. The smallest absolute Gasteiger partial charge is 0.289 e. The van der Waals surface area contributed by atoms with Crippen molar-refractivity contribution in [2.75, 3.05) is 31.1 Å². The summed E-state index contributed by atoms with van der Waals surface area (Å²) in [7, 11) is -3.88. The largest absolute Gasteiger partial charge is 0.345 e. The number of nitrogens with zero attached hydrogens (tertiary/aromatic N) is 4. The second-order valence-electron chi connectivity index (χ2n) is 7.30. The maximum atomic E-state index is 13.0. The molecule has 0 atom stereocenters. The van der Waals surface area contributed by atoms with E-state index in [4.69, 9.17) is 34.8 Å². The van der Waals surface area contributed by atoms with Gasteiger partial charge in [-0.05, 0) is 29.8 Å². The molecule has 8 nitrogen and oxygen atoms in total. The number of nitro groups is 1. The van der Waals surface area contributed by atoms with Crippen molar-refractivity contribution in [3.8, 4) is 0 Å². The van der Waals surface area contributed by atoms with Crippen LogP contribution in [0.15, 0.2) is 46.7 Å². The lowest BCUT2D eigenvalue weighted by Crippen LogP contribution is -2.48. The van der Waals surface area contributed by atoms with Gasteiger partial charge in [0, 0.05) is 54.1 Å². The Morgan fingerprint density at radius 2 is 1.76 bits per heavy atom. The number of thiazole rings is 1. The fourth-order valence-corrected chi connectivity index (χ4v) is 6.43. The van der Waals surface area contributed by atoms with Gasteiger partial charge in [0.05, 0.1) is 15.5 Å². The van der Waals surface area contributed by atoms with Crippen LogP contribution in [0.1, 0.15) is 11.3 Å². The van der Waals surface area contributed by atoms with E-state index in [9.17, 15) is 18.5 Å². The maximum Gasteiger partial charge on any atom is 0.289 e. The molecule has 1 aliphatic rings. The fourth-order valence-electron chi connectivity index (χ4n) is 3.44. The van der Waals surface area contributed by atoms with Gasteiger partial charge < -0.3 is 4.90 Å². The molecule has 1 saturated heterocycles. The Morgan fingerprint density at radius 3 is 2.42 bits per heavy atom. The highest BCUT2D eigenvalue weighted by Gasteiger charge is 2.31. The summed E-state index contributed by atoms with van der Waals surface area (Å²) in [6.45, 7) is 1.36. The number of sulfonamides is 1. The first-order valence-corrected chi connectivity index (χ1v) is 13.2. The summed E-state index contributed by atoms with van der Waals surface area (Å²) in [5, 5.41) is 14.9. The molecule has 1 fully saturated rings. The molecular weight excluding hydrogens is 531 g/mol. The van der Waals surface area contributed by atoms with E-state index in [0.717, 1.165) is 22.5 Å². The molecule has 1 aromatic heterocycles. The van der Waals surface area contributed by atoms with E-state index in [1.807, 2.05) is 16.3 Å². The summed E-state index contributed by atoms with van der Waals surface area (Å²) in [5.74, 6) is 0. The van der Waals surface area contributed by atoms with Gasteiger partial charge in [0.15, 0.2) is 5.13 Å². The number of aromatic nitrogens is 1. The van der Waals surface area contributed by atoms with Crippen LogP contribution >= 0.6 is 46.1 Å². The third kappa shape index (κ3) is 5.26. The normalized spacial score (nSPS) is 15.1. The predicted molar refractivity (Wildman–Crippen MR) is 130 cm³/mol. The summed E-state index contributed by atoms with van der Waals surface area (Å²) in [6.07, 6.45) is 0.566. The molecule has 13 heteroatoms. The van der Waals surface area contributed by atoms with E-state index in [-0.39, 0.29) is 23.0 Å². The number of anilines is 1. The van der Waals surface area contributed by atoms with Gasteiger partial charge in [0.25, 0.3) is 5.69 Å². The quantitative estimate of drug-likeness (QED) is 0.314. The number of rotatable bonds is 6. The minimum atomic E-state index is -3.88. The van der Waals surface area contributed by atoms with E-state index in [0.29, 0.717) is 29.6 Å². The van der Waals surface area contributed by atoms with Crippen LogP contribution in [0.5, 0.6) is 0 Å². The molecule has 33 heavy (non-hydrogen) atoms. The molecule has 0 saturated carbocycles. The molecule has 2 aromatic carbocycles. The first kappa shape index (κ1) is 24.2. The zero-order valence-corrected chi connectivity index (χ0v) is 20.9. The summed E-state index contributed by atoms with van der Waals surface area (Å²) in [6, 6.07) is 8.86. The van der Waals surface area contributed by atoms with E-state index in [2.05, 4.69) is 4.98 Å². The Labute approximate surface area is 209 Å². The standard InChI is InChI=1S/C20H17Cl3N4O4S2/c21-14-2-1-13(18(23)10-14)9-15-12-32-20(24-15)25-5-7-26(8-6-25)33(30,31)16-3-4-17(22)19(11-16)27(28)29/h1-4,10-12H,5-9H2. The molecular formula is C20H17Cl3N4O4S2. The van der Waals surface area contributed by atoms with E-state index in [1.165, 1.54) is 27.8 Å². The molecule has 3 aromatic rings. The SMILES string of the molecule is O=[N+]([O-])c1cc(S(=O)(=O)N2CCN(c3nc(Cc4ccc(Cl)cc4Cl)cs3)CC2)ccc1Cl. The van der Waals surface area contributed by atoms with E-state index < -0.39 is 20.6 Å². The van der Waals surface area contributed by atoms with Crippen molar-refractivity contribution in [1.82, 2.24) is 9.29 Å². The molecule has 4 rings (SSSR count). The Balaban J connectivity index is 1.43.